The molecule has 0 aliphatic rings. The molecular weight excluding hydrogens is 448 g/mol. The van der Waals surface area contributed by atoms with E-state index in [4.69, 9.17) is 9.88 Å². The van der Waals surface area contributed by atoms with Gasteiger partial charge in [-0.05, 0) is 56.3 Å². The van der Waals surface area contributed by atoms with Crippen LogP contribution < -0.4 is 5.14 Å². The predicted octanol–water partition coefficient (Wildman–Crippen LogP) is 3.65. The molecule has 0 spiro atoms. The molecule has 2 N–H and O–H groups in total. The van der Waals surface area contributed by atoms with Crippen LogP contribution in [0.4, 0.5) is 0 Å². The van der Waals surface area contributed by atoms with E-state index >= 15 is 0 Å². The van der Waals surface area contributed by atoms with Crippen LogP contribution in [0.1, 0.15) is 28.2 Å². The monoisotopic (exact) mass is 472 g/mol. The van der Waals surface area contributed by atoms with E-state index in [1.807, 2.05) is 41.8 Å². The zero-order chi connectivity index (χ0) is 23.3. The highest BCUT2D eigenvalue weighted by Gasteiger charge is 2.18. The fourth-order valence-corrected chi connectivity index (χ4v) is 4.66. The third kappa shape index (κ3) is 5.87. The number of carbonyl (C=O) groups excluding carboxylic acids is 2. The summed E-state index contributed by atoms with van der Waals surface area (Å²) in [5.41, 5.74) is 2.61. The molecule has 9 heteroatoms. The van der Waals surface area contributed by atoms with E-state index in [2.05, 4.69) is 0 Å². The van der Waals surface area contributed by atoms with E-state index in [1.165, 1.54) is 12.1 Å². The summed E-state index contributed by atoms with van der Waals surface area (Å²) in [4.78, 5) is 25.7. The van der Waals surface area contributed by atoms with Gasteiger partial charge in [0.15, 0.2) is 6.61 Å². The largest absolute Gasteiger partial charge is 0.457 e. The number of sulfonamides is 1. The Kier molecular flexibility index (Phi) is 7.55. The van der Waals surface area contributed by atoms with E-state index < -0.39 is 16.0 Å². The zero-order valence-corrected chi connectivity index (χ0v) is 19.4. The molecule has 0 aliphatic carbocycles. The van der Waals surface area contributed by atoms with Crippen molar-refractivity contribution in [1.29, 1.82) is 0 Å². The summed E-state index contributed by atoms with van der Waals surface area (Å²) in [7, 11) is -3.78. The maximum absolute atomic E-state index is 12.7. The summed E-state index contributed by atoms with van der Waals surface area (Å²) in [6.07, 6.45) is 0.211. The molecule has 0 radical (unpaired) electrons. The van der Waals surface area contributed by atoms with Crippen molar-refractivity contribution in [3.63, 3.8) is 0 Å². The average Bonchev–Trinajstić information content (AvgIpc) is 3.06. The predicted molar refractivity (Wildman–Crippen MR) is 124 cm³/mol. The second-order valence-electron chi connectivity index (χ2n) is 7.15. The first-order valence-corrected chi connectivity index (χ1v) is 12.4. The van der Waals surface area contributed by atoms with Gasteiger partial charge in [0.1, 0.15) is 0 Å². The molecule has 0 saturated heterocycles. The number of nitrogens with zero attached hydrogens (tertiary/aromatic N) is 1. The number of ether oxygens (including phenoxy) is 1. The van der Waals surface area contributed by atoms with Gasteiger partial charge < -0.3 is 9.30 Å². The summed E-state index contributed by atoms with van der Waals surface area (Å²) >= 11 is 1.55. The Hall–Kier alpha value is -2.88. The van der Waals surface area contributed by atoms with Crippen LogP contribution in [0.5, 0.6) is 0 Å². The van der Waals surface area contributed by atoms with Crippen LogP contribution in [-0.4, -0.2) is 37.1 Å². The molecule has 0 atom stereocenters. The summed E-state index contributed by atoms with van der Waals surface area (Å²) in [6, 6.07) is 17.5. The Labute approximate surface area is 191 Å². The van der Waals surface area contributed by atoms with Gasteiger partial charge in [0.05, 0.1) is 11.3 Å². The number of rotatable bonds is 9. The summed E-state index contributed by atoms with van der Waals surface area (Å²) in [6.45, 7) is 3.29. The smallest absolute Gasteiger partial charge is 0.307 e. The Morgan fingerprint density at radius 1 is 1.03 bits per heavy atom. The van der Waals surface area contributed by atoms with Gasteiger partial charge in [0.25, 0.3) is 0 Å². The van der Waals surface area contributed by atoms with Gasteiger partial charge in [-0.15, -0.1) is 11.8 Å². The van der Waals surface area contributed by atoms with Crippen molar-refractivity contribution in [3.8, 4) is 5.69 Å². The Bertz CT molecular complexity index is 1220. The van der Waals surface area contributed by atoms with Crippen LogP contribution in [0.25, 0.3) is 5.69 Å². The minimum Gasteiger partial charge on any atom is -0.457 e. The third-order valence-corrected chi connectivity index (χ3v) is 6.78. The number of primary sulfonamides is 1. The second kappa shape index (κ2) is 10.2. The first-order chi connectivity index (χ1) is 15.2. The van der Waals surface area contributed by atoms with Gasteiger partial charge in [0.2, 0.25) is 15.8 Å². The number of carbonyl (C=O) groups is 2. The highest BCUT2D eigenvalue weighted by Crippen LogP contribution is 2.23. The highest BCUT2D eigenvalue weighted by molar-refractivity contribution is 7.99. The van der Waals surface area contributed by atoms with Crippen molar-refractivity contribution in [3.05, 3.63) is 77.6 Å². The Morgan fingerprint density at radius 3 is 2.31 bits per heavy atom. The maximum Gasteiger partial charge on any atom is 0.307 e. The summed E-state index contributed by atoms with van der Waals surface area (Å²) in [5.74, 6) is -0.149. The lowest BCUT2D eigenvalue weighted by atomic mass is 10.1. The van der Waals surface area contributed by atoms with Crippen LogP contribution >= 0.6 is 11.8 Å². The standard InChI is InChI=1S/C23H24N2O5S2/c1-16-14-21(17(2)25(16)18-8-10-20(11-9-18)32(24,28)29)22(26)15-30-23(27)12-13-31-19-6-4-3-5-7-19/h3-11,14H,12-13,15H2,1-2H3,(H2,24,28,29). The number of hydrogen-bond donors (Lipinski definition) is 1. The molecule has 0 amide bonds. The van der Waals surface area contributed by atoms with Gasteiger partial charge in [-0.2, -0.15) is 0 Å². The molecule has 0 unspecified atom stereocenters. The molecule has 7 nitrogen and oxygen atoms in total. The van der Waals surface area contributed by atoms with Crippen molar-refractivity contribution in [1.82, 2.24) is 4.57 Å². The van der Waals surface area contributed by atoms with E-state index in [0.717, 1.165) is 10.6 Å². The molecule has 1 aromatic heterocycles. The van der Waals surface area contributed by atoms with Crippen molar-refractivity contribution in [2.45, 2.75) is 30.1 Å². The number of aryl methyl sites for hydroxylation is 1. The number of nitrogens with two attached hydrogens (primary N) is 1. The SMILES string of the molecule is Cc1cc(C(=O)COC(=O)CCSc2ccccc2)c(C)n1-c1ccc(S(N)(=O)=O)cc1. The molecule has 0 saturated carbocycles. The number of benzene rings is 2. The van der Waals surface area contributed by atoms with Gasteiger partial charge in [-0.3, -0.25) is 9.59 Å². The van der Waals surface area contributed by atoms with E-state index in [9.17, 15) is 18.0 Å². The molecule has 1 heterocycles. The number of aromatic nitrogens is 1. The highest BCUT2D eigenvalue weighted by atomic mass is 32.2. The van der Waals surface area contributed by atoms with Crippen LogP contribution in [0.3, 0.4) is 0 Å². The number of esters is 1. The summed E-state index contributed by atoms with van der Waals surface area (Å²) < 4.78 is 29.9. The van der Waals surface area contributed by atoms with Crippen LogP contribution in [0.2, 0.25) is 0 Å². The van der Waals surface area contributed by atoms with Gasteiger partial charge in [-0.1, -0.05) is 18.2 Å². The number of ketones is 1. The third-order valence-electron chi connectivity index (χ3n) is 4.84. The van der Waals surface area contributed by atoms with Gasteiger partial charge in [0, 0.05) is 33.3 Å². The number of thioether (sulfide) groups is 1. The van der Waals surface area contributed by atoms with Crippen LogP contribution in [0, 0.1) is 13.8 Å². The molecule has 0 fully saturated rings. The quantitative estimate of drug-likeness (QED) is 0.289. The van der Waals surface area contributed by atoms with Crippen LogP contribution in [-0.2, 0) is 19.6 Å². The lowest BCUT2D eigenvalue weighted by molar-refractivity contribution is -0.141. The van der Waals surface area contributed by atoms with Gasteiger partial charge in [-0.25, -0.2) is 13.6 Å². The van der Waals surface area contributed by atoms with Crippen molar-refractivity contribution in [2.75, 3.05) is 12.4 Å². The van der Waals surface area contributed by atoms with Gasteiger partial charge >= 0.3 is 5.97 Å². The second-order valence-corrected chi connectivity index (χ2v) is 9.88. The maximum atomic E-state index is 12.7. The van der Waals surface area contributed by atoms with E-state index in [0.29, 0.717) is 22.7 Å². The molecule has 3 aromatic rings. The molecule has 0 bridgehead atoms. The number of hydrogen-bond acceptors (Lipinski definition) is 6. The molecule has 0 aliphatic heterocycles. The Balaban J connectivity index is 1.61. The van der Waals surface area contributed by atoms with Crippen LogP contribution in [0.15, 0.2) is 70.5 Å². The van der Waals surface area contributed by atoms with E-state index in [-0.39, 0.29) is 23.7 Å². The topological polar surface area (TPSA) is 108 Å². The fourth-order valence-electron chi connectivity index (χ4n) is 3.29. The molecule has 2 aromatic carbocycles. The molecule has 3 rings (SSSR count). The minimum absolute atomic E-state index is 0.0114. The average molecular weight is 473 g/mol. The van der Waals surface area contributed by atoms with Crippen molar-refractivity contribution >= 4 is 33.5 Å². The van der Waals surface area contributed by atoms with E-state index in [1.54, 1.807) is 36.9 Å². The Morgan fingerprint density at radius 2 is 1.69 bits per heavy atom. The minimum atomic E-state index is -3.78. The zero-order valence-electron chi connectivity index (χ0n) is 17.8. The molecule has 32 heavy (non-hydrogen) atoms. The summed E-state index contributed by atoms with van der Waals surface area (Å²) in [5, 5.41) is 5.14. The van der Waals surface area contributed by atoms with Crippen molar-refractivity contribution < 1.29 is 22.7 Å². The normalized spacial score (nSPS) is 11.3. The fraction of sp³-hybridized carbons (Fsp3) is 0.217. The number of Topliss-reactive ketones (excluding diaryl/α,β-unsaturated/α-hetero) is 1. The molecular formula is C23H24N2O5S2. The van der Waals surface area contributed by atoms with Crippen molar-refractivity contribution in [2.24, 2.45) is 5.14 Å². The lowest BCUT2D eigenvalue weighted by Crippen LogP contribution is -2.15. The molecule has 168 valence electrons. The first kappa shape index (κ1) is 23.8. The first-order valence-electron chi connectivity index (χ1n) is 9.85. The lowest BCUT2D eigenvalue weighted by Gasteiger charge is -2.10.